The average Bonchev–Trinajstić information content (AvgIpc) is 2.66. The molecule has 1 amide bonds. The Morgan fingerprint density at radius 2 is 1.88 bits per heavy atom. The molecule has 0 fully saturated rings. The second kappa shape index (κ2) is 8.45. The van der Waals surface area contributed by atoms with Crippen molar-refractivity contribution in [2.45, 2.75) is 13.3 Å². The second-order valence-corrected chi connectivity index (χ2v) is 6.22. The maximum atomic E-state index is 12.5. The first-order valence-electron chi connectivity index (χ1n) is 8.30. The Labute approximate surface area is 157 Å². The summed E-state index contributed by atoms with van der Waals surface area (Å²) >= 11 is 6.09. The highest BCUT2D eigenvalue weighted by atomic mass is 35.5. The lowest BCUT2D eigenvalue weighted by molar-refractivity contribution is 0.102. The van der Waals surface area contributed by atoms with Gasteiger partial charge in [0, 0.05) is 23.3 Å². The van der Waals surface area contributed by atoms with Gasteiger partial charge in [-0.05, 0) is 36.6 Å². The fourth-order valence-electron chi connectivity index (χ4n) is 2.49. The maximum absolute atomic E-state index is 12.5. The molecule has 0 aliphatic carbocycles. The number of carbonyl (C=O) groups is 1. The molecule has 0 saturated heterocycles. The average molecular weight is 367 g/mol. The number of anilines is 2. The van der Waals surface area contributed by atoms with Crippen LogP contribution in [0.1, 0.15) is 21.6 Å². The van der Waals surface area contributed by atoms with Crippen LogP contribution in [0.3, 0.4) is 0 Å². The van der Waals surface area contributed by atoms with Gasteiger partial charge in [0.1, 0.15) is 17.8 Å². The molecule has 0 bridgehead atoms. The smallest absolute Gasteiger partial charge is 0.274 e. The van der Waals surface area contributed by atoms with Gasteiger partial charge >= 0.3 is 0 Å². The normalized spacial score (nSPS) is 10.4. The van der Waals surface area contributed by atoms with E-state index < -0.39 is 0 Å². The fraction of sp³-hybridized carbons (Fsp3) is 0.150. The van der Waals surface area contributed by atoms with Gasteiger partial charge < -0.3 is 10.6 Å². The van der Waals surface area contributed by atoms with Gasteiger partial charge in [-0.1, -0.05) is 48.0 Å². The highest BCUT2D eigenvalue weighted by Gasteiger charge is 2.11. The van der Waals surface area contributed by atoms with E-state index in [1.165, 1.54) is 11.9 Å². The molecule has 3 rings (SSSR count). The summed E-state index contributed by atoms with van der Waals surface area (Å²) in [7, 11) is 0. The third kappa shape index (κ3) is 4.58. The Hall–Kier alpha value is -2.92. The van der Waals surface area contributed by atoms with Crippen molar-refractivity contribution in [3.8, 4) is 0 Å². The molecule has 2 N–H and O–H groups in total. The summed E-state index contributed by atoms with van der Waals surface area (Å²) in [6.07, 6.45) is 2.25. The molecule has 3 aromatic rings. The minimum atomic E-state index is -0.302. The lowest BCUT2D eigenvalue weighted by atomic mass is 10.1. The molecule has 5 nitrogen and oxygen atoms in total. The number of hydrogen-bond acceptors (Lipinski definition) is 4. The van der Waals surface area contributed by atoms with Crippen LogP contribution in [-0.4, -0.2) is 22.4 Å². The number of nitrogens with one attached hydrogen (secondary N) is 2. The lowest BCUT2D eigenvalue weighted by Gasteiger charge is -2.10. The van der Waals surface area contributed by atoms with E-state index in [0.717, 1.165) is 18.5 Å². The first kappa shape index (κ1) is 17.9. The summed E-state index contributed by atoms with van der Waals surface area (Å²) in [5, 5.41) is 6.66. The number of benzene rings is 2. The van der Waals surface area contributed by atoms with Crippen LogP contribution < -0.4 is 10.6 Å². The van der Waals surface area contributed by atoms with E-state index >= 15 is 0 Å². The molecule has 0 aliphatic heterocycles. The molecule has 1 heterocycles. The monoisotopic (exact) mass is 366 g/mol. The van der Waals surface area contributed by atoms with Crippen LogP contribution in [0, 0.1) is 6.92 Å². The Balaban J connectivity index is 1.63. The van der Waals surface area contributed by atoms with E-state index in [4.69, 9.17) is 11.6 Å². The number of aromatic nitrogens is 2. The van der Waals surface area contributed by atoms with Gasteiger partial charge in [0.05, 0.1) is 0 Å². The molecule has 0 spiro atoms. The number of carbonyl (C=O) groups excluding carboxylic acids is 1. The van der Waals surface area contributed by atoms with Gasteiger partial charge in [0.2, 0.25) is 0 Å². The Kier molecular flexibility index (Phi) is 5.81. The van der Waals surface area contributed by atoms with Gasteiger partial charge in [0.25, 0.3) is 5.91 Å². The summed E-state index contributed by atoms with van der Waals surface area (Å²) in [5.41, 5.74) is 3.02. The zero-order chi connectivity index (χ0) is 18.4. The summed E-state index contributed by atoms with van der Waals surface area (Å²) in [6, 6.07) is 17.2. The van der Waals surface area contributed by atoms with Crippen molar-refractivity contribution in [3.63, 3.8) is 0 Å². The van der Waals surface area contributed by atoms with E-state index in [1.807, 2.05) is 25.1 Å². The molecule has 1 aromatic heterocycles. The highest BCUT2D eigenvalue weighted by Crippen LogP contribution is 2.23. The first-order chi connectivity index (χ1) is 12.6. The van der Waals surface area contributed by atoms with Crippen LogP contribution in [0.4, 0.5) is 11.5 Å². The second-order valence-electron chi connectivity index (χ2n) is 5.82. The SMILES string of the molecule is Cc1c(Cl)cccc1NC(=O)c1cc(NCCc2ccccc2)ncn1. The summed E-state index contributed by atoms with van der Waals surface area (Å²) in [5.74, 6) is 0.313. The van der Waals surface area contributed by atoms with Gasteiger partial charge in [-0.3, -0.25) is 4.79 Å². The molecule has 0 aliphatic rings. The Bertz CT molecular complexity index is 899. The molecule has 0 radical (unpaired) electrons. The molecule has 0 atom stereocenters. The molecular weight excluding hydrogens is 348 g/mol. The van der Waals surface area contributed by atoms with Crippen molar-refractivity contribution in [1.82, 2.24) is 9.97 Å². The van der Waals surface area contributed by atoms with Crippen LogP contribution in [0.25, 0.3) is 0 Å². The zero-order valence-electron chi connectivity index (χ0n) is 14.4. The molecular formula is C20H19ClN4O. The molecule has 132 valence electrons. The van der Waals surface area contributed by atoms with Crippen molar-refractivity contribution < 1.29 is 4.79 Å². The lowest BCUT2D eigenvalue weighted by Crippen LogP contribution is -2.16. The standard InChI is InChI=1S/C20H19ClN4O/c1-14-16(21)8-5-9-17(14)25-20(26)18-12-19(24-13-23-18)22-11-10-15-6-3-2-4-7-15/h2-9,12-13H,10-11H2,1H3,(H,25,26)(H,22,23,24). The van der Waals surface area contributed by atoms with Gasteiger partial charge in [-0.2, -0.15) is 0 Å². The number of amides is 1. The van der Waals surface area contributed by atoms with Crippen LogP contribution in [0.5, 0.6) is 0 Å². The van der Waals surface area contributed by atoms with Crippen molar-refractivity contribution >= 4 is 29.0 Å². The molecule has 6 heteroatoms. The van der Waals surface area contributed by atoms with Gasteiger partial charge in [-0.15, -0.1) is 0 Å². The molecule has 26 heavy (non-hydrogen) atoms. The number of hydrogen-bond donors (Lipinski definition) is 2. The number of rotatable bonds is 6. The van der Waals surface area contributed by atoms with Crippen LogP contribution in [-0.2, 0) is 6.42 Å². The third-order valence-corrected chi connectivity index (χ3v) is 4.39. The zero-order valence-corrected chi connectivity index (χ0v) is 15.1. The van der Waals surface area contributed by atoms with E-state index in [9.17, 15) is 4.79 Å². The number of halogens is 1. The fourth-order valence-corrected chi connectivity index (χ4v) is 2.66. The highest BCUT2D eigenvalue weighted by molar-refractivity contribution is 6.31. The topological polar surface area (TPSA) is 66.9 Å². The summed E-state index contributed by atoms with van der Waals surface area (Å²) in [6.45, 7) is 2.57. The molecule has 0 saturated carbocycles. The summed E-state index contributed by atoms with van der Waals surface area (Å²) in [4.78, 5) is 20.7. The Morgan fingerprint density at radius 1 is 1.08 bits per heavy atom. The van der Waals surface area contributed by atoms with E-state index in [-0.39, 0.29) is 5.91 Å². The first-order valence-corrected chi connectivity index (χ1v) is 8.67. The summed E-state index contributed by atoms with van der Waals surface area (Å²) < 4.78 is 0. The van der Waals surface area contributed by atoms with E-state index in [0.29, 0.717) is 22.2 Å². The van der Waals surface area contributed by atoms with E-state index in [1.54, 1.807) is 24.3 Å². The van der Waals surface area contributed by atoms with Gasteiger partial charge in [-0.25, -0.2) is 9.97 Å². The predicted molar refractivity (Wildman–Crippen MR) is 105 cm³/mol. The number of nitrogens with zero attached hydrogens (tertiary/aromatic N) is 2. The van der Waals surface area contributed by atoms with Crippen molar-refractivity contribution in [2.24, 2.45) is 0 Å². The Morgan fingerprint density at radius 3 is 2.69 bits per heavy atom. The minimum absolute atomic E-state index is 0.293. The molecule has 2 aromatic carbocycles. The van der Waals surface area contributed by atoms with Crippen LogP contribution in [0.15, 0.2) is 60.9 Å². The predicted octanol–water partition coefficient (Wildman–Crippen LogP) is 4.35. The van der Waals surface area contributed by atoms with Crippen LogP contribution >= 0.6 is 11.6 Å². The molecule has 0 unspecified atom stereocenters. The third-order valence-electron chi connectivity index (χ3n) is 3.98. The minimum Gasteiger partial charge on any atom is -0.370 e. The van der Waals surface area contributed by atoms with Crippen LogP contribution in [0.2, 0.25) is 5.02 Å². The van der Waals surface area contributed by atoms with Crippen molar-refractivity contribution in [2.75, 3.05) is 17.2 Å². The van der Waals surface area contributed by atoms with Gasteiger partial charge in [0.15, 0.2) is 0 Å². The van der Waals surface area contributed by atoms with E-state index in [2.05, 4.69) is 32.7 Å². The van der Waals surface area contributed by atoms with Crippen molar-refractivity contribution in [1.29, 1.82) is 0 Å². The quantitative estimate of drug-likeness (QED) is 0.680. The maximum Gasteiger partial charge on any atom is 0.274 e. The largest absolute Gasteiger partial charge is 0.370 e. The van der Waals surface area contributed by atoms with Crippen molar-refractivity contribution in [3.05, 3.63) is 82.8 Å².